The van der Waals surface area contributed by atoms with Crippen LogP contribution < -0.4 is 0 Å². The third-order valence-corrected chi connectivity index (χ3v) is 1.66. The fourth-order valence-corrected chi connectivity index (χ4v) is 0.995. The summed E-state index contributed by atoms with van der Waals surface area (Å²) in [4.78, 5) is 0. The van der Waals surface area contributed by atoms with Crippen molar-refractivity contribution in [3.05, 3.63) is 0 Å². The third kappa shape index (κ3) is 1.45. The van der Waals surface area contributed by atoms with Gasteiger partial charge in [0.05, 0.1) is 13.2 Å². The first-order chi connectivity index (χ1) is 4.75. The summed E-state index contributed by atoms with van der Waals surface area (Å²) in [6, 6.07) is 0. The summed E-state index contributed by atoms with van der Waals surface area (Å²) in [5.41, 5.74) is 0. The van der Waals surface area contributed by atoms with Gasteiger partial charge < -0.3 is 14.9 Å². The molecule has 2 N–H and O–H groups in total. The number of halogens is 1. The minimum absolute atomic E-state index is 0.220. The first-order valence-corrected chi connectivity index (χ1v) is 3.30. The van der Waals surface area contributed by atoms with E-state index in [1.165, 1.54) is 0 Å². The predicted molar refractivity (Wildman–Crippen MR) is 32.3 cm³/mol. The van der Waals surface area contributed by atoms with E-state index in [0.717, 1.165) is 0 Å². The van der Waals surface area contributed by atoms with E-state index >= 15 is 0 Å². The minimum atomic E-state index is -1.24. The van der Waals surface area contributed by atoms with Crippen LogP contribution in [0.15, 0.2) is 0 Å². The van der Waals surface area contributed by atoms with Crippen molar-refractivity contribution in [2.75, 3.05) is 13.2 Å². The number of aliphatic hydroxyl groups is 2. The van der Waals surface area contributed by atoms with E-state index in [0.29, 0.717) is 0 Å². The van der Waals surface area contributed by atoms with Gasteiger partial charge in [-0.15, -0.1) is 0 Å². The highest BCUT2D eigenvalue weighted by Crippen LogP contribution is 2.16. The molecule has 0 aromatic heterocycles. The van der Waals surface area contributed by atoms with Crippen LogP contribution in [0.1, 0.15) is 6.42 Å². The van der Waals surface area contributed by atoms with Crippen molar-refractivity contribution in [1.82, 2.24) is 0 Å². The van der Waals surface area contributed by atoms with Gasteiger partial charge in [-0.2, -0.15) is 0 Å². The van der Waals surface area contributed by atoms with Gasteiger partial charge in [0.1, 0.15) is 18.4 Å². The van der Waals surface area contributed by atoms with Gasteiger partial charge in [-0.05, 0) is 0 Å². The normalized spacial score (nSPS) is 41.7. The van der Waals surface area contributed by atoms with Gasteiger partial charge in [-0.1, -0.05) is 0 Å². The summed E-state index contributed by atoms with van der Waals surface area (Å²) in [5.74, 6) is 0. The maximum atomic E-state index is 12.6. The molecule has 3 nitrogen and oxygen atoms in total. The quantitative estimate of drug-likeness (QED) is 0.528. The van der Waals surface area contributed by atoms with Crippen molar-refractivity contribution >= 4 is 0 Å². The second kappa shape index (κ2) is 3.27. The van der Waals surface area contributed by atoms with Crippen molar-refractivity contribution in [2.45, 2.75) is 24.8 Å². The van der Waals surface area contributed by atoms with E-state index in [1.807, 2.05) is 0 Å². The predicted octanol–water partition coefficient (Wildman–Crippen LogP) is -0.533. The molecule has 0 radical (unpaired) electrons. The second-order valence-electron chi connectivity index (χ2n) is 2.39. The fraction of sp³-hybridized carbons (Fsp3) is 1.00. The van der Waals surface area contributed by atoms with E-state index in [-0.39, 0.29) is 19.6 Å². The zero-order valence-electron chi connectivity index (χ0n) is 5.53. The van der Waals surface area contributed by atoms with Crippen LogP contribution in [0.3, 0.4) is 0 Å². The minimum Gasteiger partial charge on any atom is -0.394 e. The lowest BCUT2D eigenvalue weighted by Crippen LogP contribution is -2.44. The van der Waals surface area contributed by atoms with Gasteiger partial charge in [-0.25, -0.2) is 4.39 Å². The Morgan fingerprint density at radius 2 is 2.30 bits per heavy atom. The molecule has 1 aliphatic rings. The summed E-state index contributed by atoms with van der Waals surface area (Å²) in [7, 11) is 0. The highest BCUT2D eigenvalue weighted by molar-refractivity contribution is 4.80. The molecule has 4 heteroatoms. The summed E-state index contributed by atoms with van der Waals surface area (Å²) in [6.45, 7) is -0.0367. The number of ether oxygens (including phenoxy) is 1. The molecule has 0 saturated carbocycles. The molecule has 0 aromatic carbocycles. The van der Waals surface area contributed by atoms with Gasteiger partial charge in [0, 0.05) is 6.42 Å². The highest BCUT2D eigenvalue weighted by atomic mass is 19.1. The molecule has 1 rings (SSSR count). The molecule has 0 aromatic rings. The molecular formula is C6H11FO3. The van der Waals surface area contributed by atoms with Crippen LogP contribution in [-0.2, 0) is 4.74 Å². The molecular weight excluding hydrogens is 139 g/mol. The van der Waals surface area contributed by atoms with Gasteiger partial charge in [0.2, 0.25) is 0 Å². The lowest BCUT2D eigenvalue weighted by atomic mass is 10.0. The maximum Gasteiger partial charge on any atom is 0.131 e. The average Bonchev–Trinajstić information content (AvgIpc) is 1.95. The molecule has 60 valence electrons. The Labute approximate surface area is 58.4 Å². The second-order valence-corrected chi connectivity index (χ2v) is 2.39. The van der Waals surface area contributed by atoms with Gasteiger partial charge in [-0.3, -0.25) is 0 Å². The number of alkyl halides is 1. The molecule has 1 heterocycles. The van der Waals surface area contributed by atoms with Crippen LogP contribution in [0.2, 0.25) is 0 Å². The summed E-state index contributed by atoms with van der Waals surface area (Å²) < 4.78 is 17.4. The van der Waals surface area contributed by atoms with Gasteiger partial charge in [0.25, 0.3) is 0 Å². The van der Waals surface area contributed by atoms with Crippen LogP contribution in [0.5, 0.6) is 0 Å². The van der Waals surface area contributed by atoms with E-state index in [4.69, 9.17) is 14.9 Å². The van der Waals surface area contributed by atoms with Crippen molar-refractivity contribution in [3.8, 4) is 0 Å². The Kier molecular flexibility index (Phi) is 2.59. The molecule has 0 spiro atoms. The van der Waals surface area contributed by atoms with Crippen molar-refractivity contribution in [1.29, 1.82) is 0 Å². The van der Waals surface area contributed by atoms with Crippen LogP contribution >= 0.6 is 0 Å². The lowest BCUT2D eigenvalue weighted by Gasteiger charge is -2.29. The Morgan fingerprint density at radius 1 is 1.60 bits per heavy atom. The largest absolute Gasteiger partial charge is 0.394 e. The van der Waals surface area contributed by atoms with Gasteiger partial charge >= 0.3 is 0 Å². The van der Waals surface area contributed by atoms with E-state index in [1.54, 1.807) is 0 Å². The smallest absolute Gasteiger partial charge is 0.131 e. The molecule has 0 aliphatic carbocycles. The SMILES string of the molecule is OCC1OCC[C@H](F)[C@@H]1O. The summed E-state index contributed by atoms with van der Waals surface area (Å²) in [6.07, 6.45) is -2.91. The first kappa shape index (κ1) is 7.91. The number of aliphatic hydroxyl groups excluding tert-OH is 2. The summed E-state index contributed by atoms with van der Waals surface area (Å²) in [5, 5.41) is 17.5. The molecule has 1 aliphatic heterocycles. The average molecular weight is 150 g/mol. The lowest BCUT2D eigenvalue weighted by molar-refractivity contribution is -0.127. The molecule has 3 atom stereocenters. The third-order valence-electron chi connectivity index (χ3n) is 1.66. The zero-order valence-corrected chi connectivity index (χ0v) is 5.53. The van der Waals surface area contributed by atoms with Crippen LogP contribution in [0, 0.1) is 0 Å². The van der Waals surface area contributed by atoms with Crippen molar-refractivity contribution < 1.29 is 19.3 Å². The maximum absolute atomic E-state index is 12.6. The fourth-order valence-electron chi connectivity index (χ4n) is 0.995. The number of hydrogen-bond donors (Lipinski definition) is 2. The number of rotatable bonds is 1. The molecule has 10 heavy (non-hydrogen) atoms. The first-order valence-electron chi connectivity index (χ1n) is 3.30. The Bertz CT molecular complexity index is 109. The van der Waals surface area contributed by atoms with Crippen molar-refractivity contribution in [2.24, 2.45) is 0 Å². The van der Waals surface area contributed by atoms with Crippen LogP contribution in [0.4, 0.5) is 4.39 Å². The number of hydrogen-bond acceptors (Lipinski definition) is 3. The Morgan fingerprint density at radius 3 is 2.80 bits per heavy atom. The molecule has 0 amide bonds. The van der Waals surface area contributed by atoms with E-state index in [2.05, 4.69) is 0 Å². The van der Waals surface area contributed by atoms with E-state index in [9.17, 15) is 4.39 Å². The van der Waals surface area contributed by atoms with Crippen molar-refractivity contribution in [3.63, 3.8) is 0 Å². The van der Waals surface area contributed by atoms with E-state index < -0.39 is 18.4 Å². The zero-order chi connectivity index (χ0) is 7.56. The van der Waals surface area contributed by atoms with Gasteiger partial charge in [0.15, 0.2) is 0 Å². The molecule has 1 unspecified atom stereocenters. The molecule has 0 bridgehead atoms. The van der Waals surface area contributed by atoms with Crippen LogP contribution in [-0.4, -0.2) is 41.8 Å². The van der Waals surface area contributed by atoms with Crippen LogP contribution in [0.25, 0.3) is 0 Å². The topological polar surface area (TPSA) is 49.7 Å². The Hall–Kier alpha value is -0.190. The molecule has 1 saturated heterocycles. The highest BCUT2D eigenvalue weighted by Gasteiger charge is 2.31. The summed E-state index contributed by atoms with van der Waals surface area (Å²) >= 11 is 0. The Balaban J connectivity index is 2.42. The standard InChI is InChI=1S/C6H11FO3/c7-4-1-2-10-5(3-8)6(4)9/h4-6,8-9H,1-3H2/t4-,5?,6-/m0/s1. The molecule has 1 fully saturated rings. The monoisotopic (exact) mass is 150 g/mol.